The van der Waals surface area contributed by atoms with Crippen molar-refractivity contribution >= 4 is 28.5 Å². The number of esters is 1. The summed E-state index contributed by atoms with van der Waals surface area (Å²) in [6.07, 6.45) is 0. The van der Waals surface area contributed by atoms with Crippen molar-refractivity contribution in [3.63, 3.8) is 0 Å². The van der Waals surface area contributed by atoms with Crippen molar-refractivity contribution in [2.75, 3.05) is 11.9 Å². The molecule has 164 valence electrons. The molecular formula is C25H26N4O3. The number of nitrogens with one attached hydrogen (secondary N) is 1. The largest absolute Gasteiger partial charge is 0.454 e. The number of fused-ring (bicyclic) bond motifs is 1. The lowest BCUT2D eigenvalue weighted by molar-refractivity contribution is -0.150. The lowest BCUT2D eigenvalue weighted by atomic mass is 10.2. The maximum absolute atomic E-state index is 12.7. The lowest BCUT2D eigenvalue weighted by Gasteiger charge is -2.16. The van der Waals surface area contributed by atoms with E-state index in [1.165, 1.54) is 0 Å². The van der Waals surface area contributed by atoms with Crippen LogP contribution in [0.25, 0.3) is 16.6 Å². The highest BCUT2D eigenvalue weighted by Gasteiger charge is 2.22. The van der Waals surface area contributed by atoms with Crippen molar-refractivity contribution in [1.82, 2.24) is 14.3 Å². The first-order valence-electron chi connectivity index (χ1n) is 10.5. The SMILES string of the molecule is Cc1nn(-c2ccccc2)c(C)c1NC(=O)COC(=O)C(C)n1c(C)cc2ccccc21. The van der Waals surface area contributed by atoms with Crippen LogP contribution in [-0.2, 0) is 14.3 Å². The van der Waals surface area contributed by atoms with Gasteiger partial charge >= 0.3 is 5.97 Å². The van der Waals surface area contributed by atoms with Gasteiger partial charge in [-0.15, -0.1) is 0 Å². The first-order chi connectivity index (χ1) is 15.4. The topological polar surface area (TPSA) is 78.2 Å². The smallest absolute Gasteiger partial charge is 0.329 e. The molecule has 32 heavy (non-hydrogen) atoms. The number of aromatic nitrogens is 3. The molecule has 1 N–H and O–H groups in total. The van der Waals surface area contributed by atoms with Crippen molar-refractivity contribution < 1.29 is 14.3 Å². The number of ether oxygens (including phenoxy) is 1. The van der Waals surface area contributed by atoms with Gasteiger partial charge in [-0.3, -0.25) is 4.79 Å². The van der Waals surface area contributed by atoms with E-state index in [0.29, 0.717) is 11.4 Å². The van der Waals surface area contributed by atoms with Gasteiger partial charge in [0, 0.05) is 11.2 Å². The molecule has 7 nitrogen and oxygen atoms in total. The number of anilines is 1. The molecule has 0 saturated heterocycles. The maximum atomic E-state index is 12.7. The average molecular weight is 431 g/mol. The van der Waals surface area contributed by atoms with Crippen molar-refractivity contribution in [2.45, 2.75) is 33.7 Å². The molecule has 1 amide bonds. The second-order valence-corrected chi connectivity index (χ2v) is 7.84. The van der Waals surface area contributed by atoms with Crippen molar-refractivity contribution in [1.29, 1.82) is 0 Å². The first-order valence-corrected chi connectivity index (χ1v) is 10.5. The van der Waals surface area contributed by atoms with E-state index < -0.39 is 17.9 Å². The predicted molar refractivity (Wildman–Crippen MR) is 124 cm³/mol. The Kier molecular flexibility index (Phi) is 5.81. The molecular weight excluding hydrogens is 404 g/mol. The number of amides is 1. The summed E-state index contributed by atoms with van der Waals surface area (Å²) in [5.74, 6) is -0.864. The average Bonchev–Trinajstić information content (AvgIpc) is 3.27. The van der Waals surface area contributed by atoms with Gasteiger partial charge in [0.15, 0.2) is 6.61 Å². The van der Waals surface area contributed by atoms with E-state index in [0.717, 1.165) is 28.0 Å². The fourth-order valence-electron chi connectivity index (χ4n) is 4.01. The summed E-state index contributed by atoms with van der Waals surface area (Å²) in [6.45, 7) is 7.08. The zero-order valence-electron chi connectivity index (χ0n) is 18.6. The van der Waals surface area contributed by atoms with E-state index >= 15 is 0 Å². The van der Waals surface area contributed by atoms with Gasteiger partial charge in [0.05, 0.1) is 22.8 Å². The molecule has 4 aromatic rings. The third-order valence-corrected chi connectivity index (χ3v) is 5.57. The molecule has 2 aromatic heterocycles. The molecule has 7 heteroatoms. The molecule has 0 spiro atoms. The summed E-state index contributed by atoms with van der Waals surface area (Å²) in [5.41, 5.74) is 4.93. The van der Waals surface area contributed by atoms with E-state index in [4.69, 9.17) is 4.74 Å². The van der Waals surface area contributed by atoms with E-state index in [1.807, 2.05) is 86.0 Å². The summed E-state index contributed by atoms with van der Waals surface area (Å²) in [5, 5.41) is 8.41. The van der Waals surface area contributed by atoms with Crippen molar-refractivity contribution in [2.24, 2.45) is 0 Å². The molecule has 1 atom stereocenters. The third kappa shape index (κ3) is 4.01. The number of nitrogens with zero attached hydrogens (tertiary/aromatic N) is 3. The van der Waals surface area contributed by atoms with Crippen molar-refractivity contribution in [3.8, 4) is 5.69 Å². The Morgan fingerprint density at radius 3 is 2.47 bits per heavy atom. The Balaban J connectivity index is 1.43. The molecule has 0 bridgehead atoms. The van der Waals surface area contributed by atoms with Gasteiger partial charge in [0.2, 0.25) is 0 Å². The second-order valence-electron chi connectivity index (χ2n) is 7.84. The summed E-state index contributed by atoms with van der Waals surface area (Å²) in [7, 11) is 0. The van der Waals surface area contributed by atoms with Gasteiger partial charge in [0.1, 0.15) is 6.04 Å². The fraction of sp³-hybridized carbons (Fsp3) is 0.240. The van der Waals surface area contributed by atoms with Crippen LogP contribution in [0.5, 0.6) is 0 Å². The van der Waals surface area contributed by atoms with Crippen LogP contribution in [0, 0.1) is 20.8 Å². The minimum Gasteiger partial charge on any atom is -0.454 e. The van der Waals surface area contributed by atoms with Gasteiger partial charge in [-0.2, -0.15) is 5.10 Å². The maximum Gasteiger partial charge on any atom is 0.329 e. The molecule has 0 radical (unpaired) electrons. The standard InChI is InChI=1S/C25H26N4O3/c1-16-14-20-10-8-9-13-22(20)28(16)19(4)25(31)32-15-23(30)26-24-17(2)27-29(18(24)3)21-11-6-5-7-12-21/h5-14,19H,15H2,1-4H3,(H,26,30). The van der Waals surface area contributed by atoms with E-state index in [9.17, 15) is 9.59 Å². The van der Waals surface area contributed by atoms with Gasteiger partial charge in [-0.05, 0) is 57.3 Å². The summed E-state index contributed by atoms with van der Waals surface area (Å²) >= 11 is 0. The molecule has 0 aliphatic rings. The van der Waals surface area contributed by atoms with Crippen LogP contribution < -0.4 is 5.32 Å². The van der Waals surface area contributed by atoms with Crippen LogP contribution >= 0.6 is 0 Å². The van der Waals surface area contributed by atoms with Crippen LogP contribution in [0.15, 0.2) is 60.7 Å². The number of para-hydroxylation sites is 2. The van der Waals surface area contributed by atoms with Crippen LogP contribution in [0.4, 0.5) is 5.69 Å². The van der Waals surface area contributed by atoms with Crippen molar-refractivity contribution in [3.05, 3.63) is 77.7 Å². The predicted octanol–water partition coefficient (Wildman–Crippen LogP) is 4.50. The Morgan fingerprint density at radius 1 is 1.03 bits per heavy atom. The molecule has 4 rings (SSSR count). The monoisotopic (exact) mass is 430 g/mol. The van der Waals surface area contributed by atoms with Crippen LogP contribution in [0.1, 0.15) is 30.0 Å². The van der Waals surface area contributed by atoms with E-state index in [-0.39, 0.29) is 6.61 Å². The molecule has 0 aliphatic carbocycles. The number of carbonyl (C=O) groups excluding carboxylic acids is 2. The summed E-state index contributed by atoms with van der Waals surface area (Å²) < 4.78 is 9.04. The van der Waals surface area contributed by atoms with E-state index in [2.05, 4.69) is 10.4 Å². The number of aryl methyl sites for hydroxylation is 2. The zero-order chi connectivity index (χ0) is 22.8. The molecule has 1 unspecified atom stereocenters. The Labute approximate surface area is 186 Å². The number of hydrogen-bond acceptors (Lipinski definition) is 4. The number of rotatable bonds is 6. The fourth-order valence-corrected chi connectivity index (χ4v) is 4.01. The molecule has 2 aromatic carbocycles. The van der Waals surface area contributed by atoms with Crippen LogP contribution in [0.2, 0.25) is 0 Å². The summed E-state index contributed by atoms with van der Waals surface area (Å²) in [6, 6.07) is 19.0. The number of carbonyl (C=O) groups is 2. The molecule has 0 fully saturated rings. The lowest BCUT2D eigenvalue weighted by Crippen LogP contribution is -2.26. The Bertz CT molecular complexity index is 1290. The highest BCUT2D eigenvalue weighted by atomic mass is 16.5. The highest BCUT2D eigenvalue weighted by molar-refractivity contribution is 5.94. The minimum atomic E-state index is -0.549. The quantitative estimate of drug-likeness (QED) is 0.457. The van der Waals surface area contributed by atoms with Gasteiger partial charge < -0.3 is 14.6 Å². The zero-order valence-corrected chi connectivity index (χ0v) is 18.6. The second kappa shape index (κ2) is 8.70. The number of benzene rings is 2. The van der Waals surface area contributed by atoms with Crippen LogP contribution in [0.3, 0.4) is 0 Å². The van der Waals surface area contributed by atoms with Crippen LogP contribution in [-0.4, -0.2) is 32.8 Å². The van der Waals surface area contributed by atoms with Gasteiger partial charge in [-0.25, -0.2) is 9.48 Å². The van der Waals surface area contributed by atoms with E-state index in [1.54, 1.807) is 11.6 Å². The molecule has 2 heterocycles. The molecule has 0 saturated carbocycles. The highest BCUT2D eigenvalue weighted by Crippen LogP contribution is 2.25. The third-order valence-electron chi connectivity index (χ3n) is 5.57. The summed E-state index contributed by atoms with van der Waals surface area (Å²) in [4.78, 5) is 25.2. The Morgan fingerprint density at radius 2 is 1.72 bits per heavy atom. The minimum absolute atomic E-state index is 0.364. The van der Waals surface area contributed by atoms with Gasteiger partial charge in [0.25, 0.3) is 5.91 Å². The molecule has 0 aliphatic heterocycles. The Hall–Kier alpha value is -3.87. The van der Waals surface area contributed by atoms with Gasteiger partial charge in [-0.1, -0.05) is 36.4 Å². The normalized spacial score (nSPS) is 12.0. The first kappa shape index (κ1) is 21.4. The number of hydrogen-bond donors (Lipinski definition) is 1.